The molecule has 1 saturated heterocycles. The number of amides is 1. The molecule has 0 saturated carbocycles. The molecule has 0 spiro atoms. The quantitative estimate of drug-likeness (QED) is 0.813. The van der Waals surface area contributed by atoms with E-state index >= 15 is 0 Å². The maximum absolute atomic E-state index is 11.8. The first-order chi connectivity index (χ1) is 9.69. The molecular formula is C13H20N6O. The summed E-state index contributed by atoms with van der Waals surface area (Å²) in [5.41, 5.74) is 0.709. The van der Waals surface area contributed by atoms with E-state index in [0.29, 0.717) is 11.5 Å². The van der Waals surface area contributed by atoms with E-state index in [0.717, 1.165) is 38.5 Å². The Balaban J connectivity index is 1.85. The summed E-state index contributed by atoms with van der Waals surface area (Å²) >= 11 is 0. The fraction of sp³-hybridized carbons (Fsp3) is 0.615. The summed E-state index contributed by atoms with van der Waals surface area (Å²) in [4.78, 5) is 25.0. The van der Waals surface area contributed by atoms with Gasteiger partial charge in [0.2, 0.25) is 5.91 Å². The van der Waals surface area contributed by atoms with E-state index in [4.69, 9.17) is 0 Å². The summed E-state index contributed by atoms with van der Waals surface area (Å²) < 4.78 is 0. The van der Waals surface area contributed by atoms with Gasteiger partial charge in [0.1, 0.15) is 18.1 Å². The molecule has 2 aliphatic heterocycles. The molecule has 0 aliphatic carbocycles. The zero-order valence-corrected chi connectivity index (χ0v) is 11.9. The highest BCUT2D eigenvalue weighted by molar-refractivity contribution is 6.04. The van der Waals surface area contributed by atoms with Gasteiger partial charge in [-0.1, -0.05) is 6.92 Å². The lowest BCUT2D eigenvalue weighted by atomic mass is 10.2. The van der Waals surface area contributed by atoms with Crippen molar-refractivity contribution in [2.45, 2.75) is 19.9 Å². The molecule has 0 aromatic carbocycles. The molecule has 3 rings (SSSR count). The Morgan fingerprint density at radius 3 is 2.75 bits per heavy atom. The summed E-state index contributed by atoms with van der Waals surface area (Å²) in [7, 11) is 0. The first-order valence-corrected chi connectivity index (χ1v) is 7.08. The van der Waals surface area contributed by atoms with Crippen LogP contribution in [0.4, 0.5) is 17.3 Å². The molecule has 2 aliphatic rings. The van der Waals surface area contributed by atoms with Gasteiger partial charge in [0.25, 0.3) is 0 Å². The van der Waals surface area contributed by atoms with Gasteiger partial charge >= 0.3 is 0 Å². The normalized spacial score (nSPS) is 23.0. The van der Waals surface area contributed by atoms with Crippen molar-refractivity contribution in [3.63, 3.8) is 0 Å². The van der Waals surface area contributed by atoms with Gasteiger partial charge in [-0.3, -0.25) is 4.79 Å². The van der Waals surface area contributed by atoms with Crippen molar-refractivity contribution in [1.82, 2.24) is 14.9 Å². The van der Waals surface area contributed by atoms with Crippen LogP contribution in [0.25, 0.3) is 0 Å². The van der Waals surface area contributed by atoms with Crippen LogP contribution in [0.5, 0.6) is 0 Å². The van der Waals surface area contributed by atoms with Gasteiger partial charge in [-0.05, 0) is 13.5 Å². The molecule has 2 N–H and O–H groups in total. The monoisotopic (exact) mass is 276 g/mol. The number of likely N-dealkylation sites (N-methyl/N-ethyl adjacent to an activating group) is 1. The van der Waals surface area contributed by atoms with Crippen LogP contribution in [-0.4, -0.2) is 59.5 Å². The van der Waals surface area contributed by atoms with Crippen LogP contribution < -0.4 is 15.5 Å². The molecule has 7 nitrogen and oxygen atoms in total. The van der Waals surface area contributed by atoms with Crippen molar-refractivity contribution in [3.8, 4) is 0 Å². The molecule has 1 amide bonds. The maximum Gasteiger partial charge on any atom is 0.246 e. The Bertz CT molecular complexity index is 512. The maximum atomic E-state index is 11.8. The average Bonchev–Trinajstić information content (AvgIpc) is 2.48. The largest absolute Gasteiger partial charge is 0.357 e. The Kier molecular flexibility index (Phi) is 3.43. The second-order valence-electron chi connectivity index (χ2n) is 5.20. The Labute approximate surface area is 118 Å². The van der Waals surface area contributed by atoms with E-state index in [1.165, 1.54) is 0 Å². The van der Waals surface area contributed by atoms with E-state index in [1.807, 2.05) is 6.92 Å². The van der Waals surface area contributed by atoms with Crippen LogP contribution in [-0.2, 0) is 4.79 Å². The summed E-state index contributed by atoms with van der Waals surface area (Å²) in [5.74, 6) is 1.49. The van der Waals surface area contributed by atoms with Gasteiger partial charge in [0, 0.05) is 26.2 Å². The standard InChI is InChI=1S/C13H20N6O/c1-3-18-4-6-19(7-5-18)12-10-11(14-8-15-12)16-9(2)13(20)17-10/h8-9H,3-7H2,1-2H3,(H,17,20)(H,14,15,16). The van der Waals surface area contributed by atoms with E-state index in [9.17, 15) is 4.79 Å². The van der Waals surface area contributed by atoms with Crippen LogP contribution in [0.1, 0.15) is 13.8 Å². The van der Waals surface area contributed by atoms with Crippen molar-refractivity contribution in [2.24, 2.45) is 0 Å². The predicted octanol–water partition coefficient (Wildman–Crippen LogP) is 0.371. The number of aromatic nitrogens is 2. The molecular weight excluding hydrogens is 256 g/mol. The fourth-order valence-electron chi connectivity index (χ4n) is 2.62. The molecule has 0 radical (unpaired) electrons. The number of rotatable bonds is 2. The molecule has 1 unspecified atom stereocenters. The molecule has 0 bridgehead atoms. The van der Waals surface area contributed by atoms with Crippen molar-refractivity contribution < 1.29 is 4.79 Å². The number of nitrogens with one attached hydrogen (secondary N) is 2. The number of hydrogen-bond donors (Lipinski definition) is 2. The Morgan fingerprint density at radius 2 is 2.05 bits per heavy atom. The number of anilines is 3. The molecule has 108 valence electrons. The minimum atomic E-state index is -0.262. The van der Waals surface area contributed by atoms with Gasteiger partial charge in [-0.25, -0.2) is 9.97 Å². The lowest BCUT2D eigenvalue weighted by Crippen LogP contribution is -2.47. The van der Waals surface area contributed by atoms with E-state index in [-0.39, 0.29) is 11.9 Å². The average molecular weight is 276 g/mol. The molecule has 1 fully saturated rings. The lowest BCUT2D eigenvalue weighted by Gasteiger charge is -2.36. The van der Waals surface area contributed by atoms with Crippen LogP contribution in [0.2, 0.25) is 0 Å². The summed E-state index contributed by atoms with van der Waals surface area (Å²) in [6, 6.07) is -0.262. The topological polar surface area (TPSA) is 73.4 Å². The third kappa shape index (κ3) is 2.29. The fourth-order valence-corrected chi connectivity index (χ4v) is 2.62. The van der Waals surface area contributed by atoms with Gasteiger partial charge in [-0.2, -0.15) is 0 Å². The number of carbonyl (C=O) groups is 1. The van der Waals surface area contributed by atoms with Crippen LogP contribution in [0.15, 0.2) is 6.33 Å². The molecule has 7 heteroatoms. The number of nitrogens with zero attached hydrogens (tertiary/aromatic N) is 4. The number of carbonyl (C=O) groups excluding carboxylic acids is 1. The zero-order valence-electron chi connectivity index (χ0n) is 11.9. The zero-order chi connectivity index (χ0) is 14.1. The van der Waals surface area contributed by atoms with Crippen LogP contribution in [0, 0.1) is 0 Å². The highest BCUT2D eigenvalue weighted by Gasteiger charge is 2.28. The minimum Gasteiger partial charge on any atom is -0.357 e. The lowest BCUT2D eigenvalue weighted by molar-refractivity contribution is -0.116. The smallest absolute Gasteiger partial charge is 0.246 e. The molecule has 3 heterocycles. The van der Waals surface area contributed by atoms with Crippen molar-refractivity contribution >= 4 is 23.2 Å². The molecule has 1 atom stereocenters. The third-order valence-electron chi connectivity index (χ3n) is 3.94. The summed E-state index contributed by atoms with van der Waals surface area (Å²) in [6.45, 7) is 8.95. The van der Waals surface area contributed by atoms with Crippen LogP contribution >= 0.6 is 0 Å². The van der Waals surface area contributed by atoms with Crippen molar-refractivity contribution in [1.29, 1.82) is 0 Å². The number of hydrogen-bond acceptors (Lipinski definition) is 6. The Hall–Kier alpha value is -1.89. The number of piperazine rings is 1. The van der Waals surface area contributed by atoms with Crippen molar-refractivity contribution in [2.75, 3.05) is 48.3 Å². The Morgan fingerprint density at radius 1 is 1.30 bits per heavy atom. The molecule has 20 heavy (non-hydrogen) atoms. The van der Waals surface area contributed by atoms with Gasteiger partial charge < -0.3 is 20.4 Å². The van der Waals surface area contributed by atoms with E-state index in [1.54, 1.807) is 6.33 Å². The van der Waals surface area contributed by atoms with Gasteiger partial charge in [0.15, 0.2) is 11.6 Å². The highest BCUT2D eigenvalue weighted by Crippen LogP contribution is 2.33. The molecule has 1 aromatic heterocycles. The minimum absolute atomic E-state index is 0.0410. The van der Waals surface area contributed by atoms with E-state index < -0.39 is 0 Å². The first kappa shape index (κ1) is 13.1. The van der Waals surface area contributed by atoms with Crippen molar-refractivity contribution in [3.05, 3.63) is 6.33 Å². The second kappa shape index (κ2) is 5.24. The van der Waals surface area contributed by atoms with Crippen LogP contribution in [0.3, 0.4) is 0 Å². The van der Waals surface area contributed by atoms with Gasteiger partial charge in [0.05, 0.1) is 0 Å². The first-order valence-electron chi connectivity index (χ1n) is 7.08. The predicted molar refractivity (Wildman–Crippen MR) is 78.1 cm³/mol. The second-order valence-corrected chi connectivity index (χ2v) is 5.20. The summed E-state index contributed by atoms with van der Waals surface area (Å²) in [6.07, 6.45) is 1.55. The molecule has 1 aromatic rings. The third-order valence-corrected chi connectivity index (χ3v) is 3.94. The van der Waals surface area contributed by atoms with Gasteiger partial charge in [-0.15, -0.1) is 0 Å². The summed E-state index contributed by atoms with van der Waals surface area (Å²) in [5, 5.41) is 6.03. The SMILES string of the molecule is CCN1CCN(c2ncnc3c2NC(=O)C(C)N3)CC1. The number of fused-ring (bicyclic) bond motifs is 1. The highest BCUT2D eigenvalue weighted by atomic mass is 16.2. The van der Waals surface area contributed by atoms with E-state index in [2.05, 4.69) is 37.3 Å².